The van der Waals surface area contributed by atoms with Gasteiger partial charge in [0.05, 0.1) is 0 Å². The summed E-state index contributed by atoms with van der Waals surface area (Å²) >= 11 is 0. The molecule has 1 fully saturated rings. The molecule has 0 heterocycles. The van der Waals surface area contributed by atoms with Crippen molar-refractivity contribution in [2.45, 2.75) is 31.7 Å². The molecule has 124 valence electrons. The second-order valence-electron chi connectivity index (χ2n) is 5.05. The maximum Gasteiger partial charge on any atom is 0.188 e. The van der Waals surface area contributed by atoms with E-state index in [0.29, 0.717) is 32.1 Å². The molecule has 2 unspecified atom stereocenters. The largest absolute Gasteiger partial charge is 0.382 e. The van der Waals surface area contributed by atoms with E-state index < -0.39 is 11.6 Å². The quantitative estimate of drug-likeness (QED) is 0.306. The van der Waals surface area contributed by atoms with Crippen LogP contribution in [0.2, 0.25) is 0 Å². The summed E-state index contributed by atoms with van der Waals surface area (Å²) < 4.78 is 32.5. The Hall–Kier alpha value is -0.960. The zero-order valence-electron chi connectivity index (χ0n) is 12.5. The third-order valence-electron chi connectivity index (χ3n) is 3.43. The van der Waals surface area contributed by atoms with Crippen molar-refractivity contribution >= 4 is 29.9 Å². The Labute approximate surface area is 146 Å². The lowest BCUT2D eigenvalue weighted by Crippen LogP contribution is -2.34. The van der Waals surface area contributed by atoms with Gasteiger partial charge in [-0.25, -0.2) is 8.78 Å². The minimum atomic E-state index is -0.503. The molecule has 2 rings (SSSR count). The molecule has 22 heavy (non-hydrogen) atoms. The summed E-state index contributed by atoms with van der Waals surface area (Å²) in [6.45, 7) is 3.85. The van der Waals surface area contributed by atoms with Crippen molar-refractivity contribution in [3.8, 4) is 0 Å². The summed E-state index contributed by atoms with van der Waals surface area (Å²) in [5, 5.41) is 3.00. The van der Waals surface area contributed by atoms with Gasteiger partial charge in [-0.15, -0.1) is 24.0 Å². The Morgan fingerprint density at radius 1 is 1.41 bits per heavy atom. The molecule has 0 bridgehead atoms. The van der Waals surface area contributed by atoms with Crippen molar-refractivity contribution in [1.29, 1.82) is 0 Å². The number of hydrogen-bond acceptors (Lipinski definition) is 2. The van der Waals surface area contributed by atoms with E-state index in [9.17, 15) is 8.78 Å². The van der Waals surface area contributed by atoms with Crippen LogP contribution >= 0.6 is 24.0 Å². The van der Waals surface area contributed by atoms with Gasteiger partial charge < -0.3 is 15.8 Å². The van der Waals surface area contributed by atoms with Gasteiger partial charge >= 0.3 is 0 Å². The molecule has 1 saturated carbocycles. The Morgan fingerprint density at radius 2 is 2.09 bits per heavy atom. The van der Waals surface area contributed by atoms with Crippen LogP contribution in [0.1, 0.15) is 31.2 Å². The molecule has 0 radical (unpaired) electrons. The van der Waals surface area contributed by atoms with E-state index in [1.165, 1.54) is 18.2 Å². The fourth-order valence-corrected chi connectivity index (χ4v) is 2.28. The van der Waals surface area contributed by atoms with Crippen molar-refractivity contribution in [1.82, 2.24) is 5.32 Å². The standard InChI is InChI=1S/C15H21F2N3O.HI/c1-2-21-8-4-7-19-15(18)20-13-9-10(13)14-11(16)5-3-6-12(14)17;/h3,5-6,10,13H,2,4,7-9H2,1H3,(H3,18,19,20);1H. The maximum absolute atomic E-state index is 13.6. The number of nitrogens with one attached hydrogen (secondary N) is 1. The number of rotatable bonds is 7. The molecule has 1 aliphatic rings. The summed E-state index contributed by atoms with van der Waals surface area (Å²) in [7, 11) is 0. The highest BCUT2D eigenvalue weighted by molar-refractivity contribution is 14.0. The smallest absolute Gasteiger partial charge is 0.188 e. The highest BCUT2D eigenvalue weighted by atomic mass is 127. The van der Waals surface area contributed by atoms with Gasteiger partial charge in [-0.2, -0.15) is 0 Å². The molecule has 0 aliphatic heterocycles. The summed E-state index contributed by atoms with van der Waals surface area (Å²) in [6.07, 6.45) is 1.46. The molecule has 0 saturated heterocycles. The van der Waals surface area contributed by atoms with Gasteiger partial charge in [0.15, 0.2) is 5.96 Å². The molecule has 0 aromatic heterocycles. The number of nitrogens with two attached hydrogens (primary N) is 1. The van der Waals surface area contributed by atoms with E-state index >= 15 is 0 Å². The topological polar surface area (TPSA) is 59.6 Å². The number of aliphatic imine (C=N–C) groups is 1. The zero-order chi connectivity index (χ0) is 15.2. The monoisotopic (exact) mass is 425 g/mol. The minimum absolute atomic E-state index is 0. The Balaban J connectivity index is 0.00000242. The number of nitrogens with zero attached hydrogens (tertiary/aromatic N) is 1. The van der Waals surface area contributed by atoms with Crippen LogP contribution in [0.3, 0.4) is 0 Å². The van der Waals surface area contributed by atoms with Crippen molar-refractivity contribution in [2.75, 3.05) is 19.8 Å². The fourth-order valence-electron chi connectivity index (χ4n) is 2.28. The molecule has 3 N–H and O–H groups in total. The molecule has 7 heteroatoms. The summed E-state index contributed by atoms with van der Waals surface area (Å²) in [5.74, 6) is -0.868. The van der Waals surface area contributed by atoms with Crippen LogP contribution in [0.5, 0.6) is 0 Å². The van der Waals surface area contributed by atoms with Gasteiger partial charge in [0, 0.05) is 37.3 Å². The van der Waals surface area contributed by atoms with E-state index in [4.69, 9.17) is 10.5 Å². The first kappa shape index (κ1) is 19.1. The summed E-state index contributed by atoms with van der Waals surface area (Å²) in [6, 6.07) is 3.87. The third-order valence-corrected chi connectivity index (χ3v) is 3.43. The predicted octanol–water partition coefficient (Wildman–Crippen LogP) is 2.77. The number of benzene rings is 1. The van der Waals surface area contributed by atoms with Crippen LogP contribution < -0.4 is 11.1 Å². The molecular weight excluding hydrogens is 403 g/mol. The second kappa shape index (κ2) is 9.24. The van der Waals surface area contributed by atoms with Crippen LogP contribution in [0, 0.1) is 11.6 Å². The minimum Gasteiger partial charge on any atom is -0.382 e. The number of halogens is 3. The van der Waals surface area contributed by atoms with Crippen LogP contribution in [0.15, 0.2) is 23.2 Å². The van der Waals surface area contributed by atoms with Crippen molar-refractivity contribution in [2.24, 2.45) is 10.7 Å². The first-order valence-corrected chi connectivity index (χ1v) is 7.21. The molecular formula is C15H22F2IN3O. The number of ether oxygens (including phenoxy) is 1. The second-order valence-corrected chi connectivity index (χ2v) is 5.05. The van der Waals surface area contributed by atoms with Crippen molar-refractivity contribution in [3.63, 3.8) is 0 Å². The van der Waals surface area contributed by atoms with Gasteiger partial charge in [-0.1, -0.05) is 6.07 Å². The molecule has 1 aliphatic carbocycles. The Kier molecular flexibility index (Phi) is 8.02. The Morgan fingerprint density at radius 3 is 2.73 bits per heavy atom. The molecule has 1 aromatic carbocycles. The van der Waals surface area contributed by atoms with E-state index in [1.54, 1.807) is 0 Å². The average Bonchev–Trinajstić information content (AvgIpc) is 3.17. The fraction of sp³-hybridized carbons (Fsp3) is 0.533. The van der Waals surface area contributed by atoms with Crippen molar-refractivity contribution < 1.29 is 13.5 Å². The van der Waals surface area contributed by atoms with Crippen LogP contribution in [0.25, 0.3) is 0 Å². The van der Waals surface area contributed by atoms with E-state index in [-0.39, 0.29) is 41.5 Å². The zero-order valence-corrected chi connectivity index (χ0v) is 14.8. The Bertz CT molecular complexity index is 493. The summed E-state index contributed by atoms with van der Waals surface area (Å²) in [4.78, 5) is 4.16. The lowest BCUT2D eigenvalue weighted by atomic mass is 10.1. The SMILES string of the molecule is CCOCCCN=C(N)NC1CC1c1c(F)cccc1F.I. The van der Waals surface area contributed by atoms with Crippen LogP contribution in [-0.2, 0) is 4.74 Å². The van der Waals surface area contributed by atoms with Gasteiger partial charge in [-0.3, -0.25) is 4.99 Å². The van der Waals surface area contributed by atoms with E-state index in [1.807, 2.05) is 6.92 Å². The molecule has 4 nitrogen and oxygen atoms in total. The van der Waals surface area contributed by atoms with Crippen LogP contribution in [-0.4, -0.2) is 31.8 Å². The van der Waals surface area contributed by atoms with Crippen molar-refractivity contribution in [3.05, 3.63) is 35.4 Å². The third kappa shape index (κ3) is 5.35. The van der Waals surface area contributed by atoms with E-state index in [0.717, 1.165) is 6.42 Å². The molecule has 1 aromatic rings. The lowest BCUT2D eigenvalue weighted by molar-refractivity contribution is 0.146. The molecule has 0 amide bonds. The molecule has 2 atom stereocenters. The predicted molar refractivity (Wildman–Crippen MR) is 93.7 cm³/mol. The van der Waals surface area contributed by atoms with Gasteiger partial charge in [0.25, 0.3) is 0 Å². The highest BCUT2D eigenvalue weighted by Gasteiger charge is 2.42. The maximum atomic E-state index is 13.6. The van der Waals surface area contributed by atoms with Gasteiger partial charge in [0.2, 0.25) is 0 Å². The highest BCUT2D eigenvalue weighted by Crippen LogP contribution is 2.42. The van der Waals surface area contributed by atoms with Gasteiger partial charge in [0.1, 0.15) is 11.6 Å². The molecule has 0 spiro atoms. The summed E-state index contributed by atoms with van der Waals surface area (Å²) in [5.41, 5.74) is 5.89. The first-order valence-electron chi connectivity index (χ1n) is 7.21. The van der Waals surface area contributed by atoms with E-state index in [2.05, 4.69) is 10.3 Å². The normalized spacial score (nSPS) is 20.4. The lowest BCUT2D eigenvalue weighted by Gasteiger charge is -2.07. The average molecular weight is 425 g/mol. The van der Waals surface area contributed by atoms with Crippen LogP contribution in [0.4, 0.5) is 8.78 Å². The number of guanidine groups is 1. The van der Waals surface area contributed by atoms with Gasteiger partial charge in [-0.05, 0) is 31.9 Å². The first-order chi connectivity index (χ1) is 10.1. The number of hydrogen-bond donors (Lipinski definition) is 2.